The Labute approximate surface area is 733 Å². The van der Waals surface area contributed by atoms with Crippen molar-refractivity contribution in [3.8, 4) is 0 Å². The van der Waals surface area contributed by atoms with Crippen LogP contribution in [0.3, 0.4) is 0 Å². The quantitative estimate of drug-likeness (QED) is 0.0346. The van der Waals surface area contributed by atoms with E-state index in [0.29, 0.717) is 47.8 Å². The summed E-state index contributed by atoms with van der Waals surface area (Å²) in [6, 6.07) is 94.4. The predicted octanol–water partition coefficient (Wildman–Crippen LogP) is 8.51. The molecule has 0 unspecified atom stereocenters. The van der Waals surface area contributed by atoms with Crippen LogP contribution in [-0.4, -0.2) is 53.8 Å². The van der Waals surface area contributed by atoms with Crippen LogP contribution in [0.15, 0.2) is 267 Å². The van der Waals surface area contributed by atoms with E-state index in [9.17, 15) is 9.59 Å². The minimum Gasteiger partial charge on any atom is -0.840 e. The van der Waals surface area contributed by atoms with Crippen LogP contribution < -0.4 is 125 Å². The molecule has 4 aliphatic carbocycles. The monoisotopic (exact) mass is 1550 g/mol. The molecule has 2 N–H and O–H groups in total. The molecule has 4 fully saturated rings. The smallest absolute Gasteiger partial charge is 0.840 e. The summed E-state index contributed by atoms with van der Waals surface area (Å²) in [5.41, 5.74) is 7.52. The minimum absolute atomic E-state index is 0. The van der Waals surface area contributed by atoms with E-state index in [1.807, 2.05) is 148 Å². The molecule has 0 saturated heterocycles. The molecule has 0 radical (unpaired) electrons. The maximum Gasteiger partial charge on any atom is 1.00 e. The fraction of sp³-hybridized carbons (Fsp3) is 0.417. The maximum atomic E-state index is 14.0. The van der Waals surface area contributed by atoms with Gasteiger partial charge in [-0.05, 0) is 146 Å². The third kappa shape index (κ3) is 36.3. The summed E-state index contributed by atoms with van der Waals surface area (Å²) in [5.74, 6) is 1.42. The number of benzene rings is 9. The van der Waals surface area contributed by atoms with Crippen molar-refractivity contribution in [2.75, 3.05) is 8.67 Å². The van der Waals surface area contributed by atoms with E-state index in [2.05, 4.69) is 242 Å². The molecule has 4 aliphatic rings. The summed E-state index contributed by atoms with van der Waals surface area (Å²) in [5, 5.41) is 14.3. The fourth-order valence-corrected chi connectivity index (χ4v) is 26.9. The topological polar surface area (TPSA) is 109 Å². The molecule has 9 aromatic carbocycles. The molecule has 578 valence electrons. The zero-order valence-corrected chi connectivity index (χ0v) is 75.9. The third-order valence-electron chi connectivity index (χ3n) is 20.4. The molecule has 0 aromatic heterocycles. The Hall–Kier alpha value is -4.88. The van der Waals surface area contributed by atoms with E-state index in [-0.39, 0.29) is 75.4 Å². The Balaban J connectivity index is 0.000000365. The molecule has 0 aliphatic heterocycles. The van der Waals surface area contributed by atoms with Gasteiger partial charge >= 0.3 is 75.4 Å². The first-order valence-corrected chi connectivity index (χ1v) is 49.7. The molecule has 0 atom stereocenters. The van der Waals surface area contributed by atoms with Gasteiger partial charge in [0, 0.05) is 12.1 Å². The molecule has 112 heavy (non-hydrogen) atoms. The van der Waals surface area contributed by atoms with E-state index in [1.165, 1.54) is 183 Å². The van der Waals surface area contributed by atoms with Crippen LogP contribution in [0.4, 0.5) is 11.4 Å². The number of hydrogen-bond acceptors (Lipinski definition) is 4. The molecule has 9 aromatic rings. The van der Waals surface area contributed by atoms with Gasteiger partial charge in [-0.15, -0.1) is 0 Å². The molecule has 0 heterocycles. The molecule has 8 nitrogen and oxygen atoms in total. The van der Waals surface area contributed by atoms with E-state index in [0.717, 1.165) is 0 Å². The van der Waals surface area contributed by atoms with Gasteiger partial charge in [0.25, 0.3) is 0 Å². The number of nitrogens with zero attached hydrogens (tertiary/aromatic N) is 4. The average Bonchev–Trinajstić information content (AvgIpc) is 0.761. The number of rotatable bonds is 20. The molecule has 0 amide bonds. The average molecular weight is 1550 g/mol. The van der Waals surface area contributed by atoms with Gasteiger partial charge in [0.05, 0.1) is 36.1 Å². The van der Waals surface area contributed by atoms with Crippen molar-refractivity contribution in [2.45, 2.75) is 258 Å². The van der Waals surface area contributed by atoms with Crippen LogP contribution in [0.1, 0.15) is 230 Å². The van der Waals surface area contributed by atoms with Crippen molar-refractivity contribution < 1.29 is 95.0 Å². The van der Waals surface area contributed by atoms with Crippen LogP contribution in [0.25, 0.3) is 10.6 Å². The van der Waals surface area contributed by atoms with Gasteiger partial charge in [0.1, 0.15) is 54.3 Å². The number of anilines is 2. The van der Waals surface area contributed by atoms with E-state index >= 15 is 0 Å². The van der Waals surface area contributed by atoms with E-state index < -0.39 is 33.1 Å². The first-order valence-electron chi connectivity index (χ1n) is 41.1. The molecular formula is C96H134Li4N6O2P2Si2+4. The normalized spacial score (nSPS) is 14.7. The Morgan fingerprint density at radius 1 is 0.295 bits per heavy atom. The van der Waals surface area contributed by atoms with Crippen molar-refractivity contribution >= 4 is 78.4 Å². The second kappa shape index (κ2) is 57.3. The van der Waals surface area contributed by atoms with Crippen LogP contribution in [0, 0.1) is 0 Å². The molecule has 0 spiro atoms. The van der Waals surface area contributed by atoms with Crippen LogP contribution >= 0.6 is 16.1 Å². The van der Waals surface area contributed by atoms with Gasteiger partial charge < -0.3 is 19.6 Å². The zero-order chi connectivity index (χ0) is 77.2. The number of hydrogen-bond donors (Lipinski definition) is 2. The summed E-state index contributed by atoms with van der Waals surface area (Å²) in [6.07, 6.45) is 31.4. The molecule has 4 saturated carbocycles. The second-order valence-electron chi connectivity index (χ2n) is 31.5. The van der Waals surface area contributed by atoms with Crippen molar-refractivity contribution in [1.29, 1.82) is 0 Å². The summed E-state index contributed by atoms with van der Waals surface area (Å²) in [6.45, 7) is 25.7. The molecule has 0 bridgehead atoms. The van der Waals surface area contributed by atoms with Crippen molar-refractivity contribution in [3.63, 3.8) is 0 Å². The van der Waals surface area contributed by atoms with Gasteiger partial charge in [0.2, 0.25) is 0 Å². The van der Waals surface area contributed by atoms with Gasteiger partial charge in [0.15, 0.2) is 0 Å². The van der Waals surface area contributed by atoms with Gasteiger partial charge in [-0.3, -0.25) is 19.3 Å². The van der Waals surface area contributed by atoms with Gasteiger partial charge in [-0.1, -0.05) is 377 Å². The van der Waals surface area contributed by atoms with Gasteiger partial charge in [-0.2, -0.15) is 0 Å². The summed E-state index contributed by atoms with van der Waals surface area (Å²) in [4.78, 5) is 35.0. The summed E-state index contributed by atoms with van der Waals surface area (Å²) in [7, 11) is -8.92. The van der Waals surface area contributed by atoms with E-state index in [1.54, 1.807) is 0 Å². The van der Waals surface area contributed by atoms with E-state index in [4.69, 9.17) is 0 Å². The van der Waals surface area contributed by atoms with Crippen LogP contribution in [0.2, 0.25) is 26.2 Å². The summed E-state index contributed by atoms with van der Waals surface area (Å²) >= 11 is 0. The number of para-hydroxylation sites is 2. The maximum absolute atomic E-state index is 14.0. The molecule has 16 heteroatoms. The first-order chi connectivity index (χ1) is 52.3. The standard InChI is InChI=1S/2C26H33NOPSi.2C13H23N2.3C6H6.4Li/c2*1-20(2)24-18-13-19-25(21(3)4)26(24)27(30(5,6)28)29(22-14-9-7-10-15-22)23-16-11-8-12-17-23;2*1-3-7-12(8-4-1)14-11-15-13-9-5-2-6-10-13;3*1-2-4-6-5-3-1;;;;/h2*7-21H,1-6H3;2*11-13H,1-10H2;3*1-6H;;;;/q4*-1;;;;4*+1/p+4. The third-order valence-corrected chi connectivity index (χ3v) is 32.4. The SMILES string of the molecule is C([N-]C1CCCCC1)=[NH+]C1CCCCC1.C([N-]C1CCCCC1)=[NH+]C1CCCCC1.CC(C)c1cccc(C(C)C)c1N([PH+](c1ccccc1)c1ccccc1)[Si](C)(C)[O-].CC(C)c1cccc(C(C)C)c1N([PH+](c1ccccc1)c1ccccc1)[Si](C)(C)[O-].[Li+].[Li+].[Li+].[Li+].c1ccccc1.c1ccccc1.c1ccccc1. The van der Waals surface area contributed by atoms with Crippen LogP contribution in [0.5, 0.6) is 0 Å². The largest absolute Gasteiger partial charge is 1.00 e. The Morgan fingerprint density at radius 2 is 0.482 bits per heavy atom. The Bertz CT molecular complexity index is 3340. The zero-order valence-electron chi connectivity index (χ0n) is 71.9. The van der Waals surface area contributed by atoms with Crippen LogP contribution in [-0.2, 0) is 0 Å². The minimum atomic E-state index is -2.98. The summed E-state index contributed by atoms with van der Waals surface area (Å²) < 4.78 is 4.71. The van der Waals surface area contributed by atoms with Crippen molar-refractivity contribution in [3.05, 3.63) is 300 Å². The molecular weight excluding hydrogens is 1410 g/mol. The number of nitrogens with one attached hydrogen (secondary N) is 2. The van der Waals surface area contributed by atoms with Gasteiger partial charge in [-0.25, -0.2) is 0 Å². The second-order valence-corrected chi connectivity index (χ2v) is 43.7. The molecule has 13 rings (SSSR count). The van der Waals surface area contributed by atoms with Crippen molar-refractivity contribution in [1.82, 2.24) is 0 Å². The Kier molecular flexibility index (Phi) is 51.8. The predicted molar refractivity (Wildman–Crippen MR) is 478 cm³/mol. The van der Waals surface area contributed by atoms with Crippen molar-refractivity contribution in [2.24, 2.45) is 0 Å². The Morgan fingerprint density at radius 3 is 0.670 bits per heavy atom. The first kappa shape index (κ1) is 101. The fourth-order valence-electron chi connectivity index (χ4n) is 14.7.